The lowest BCUT2D eigenvalue weighted by atomic mass is 10.0. The van der Waals surface area contributed by atoms with Crippen LogP contribution in [-0.4, -0.2) is 20.6 Å². The predicted octanol–water partition coefficient (Wildman–Crippen LogP) is 6.80. The standard InChI is InChI=1S/C25H41NO4/c1-3-4-5-6-7-8-9-10-11-12-13-14-15-16-17-18-19-26-20-22(28)24(29)25(30)23(26)21(2)27/h18-20,28,30H,3-17H2,1-2H3. The van der Waals surface area contributed by atoms with Crippen molar-refractivity contribution < 1.29 is 15.0 Å². The zero-order valence-electron chi connectivity index (χ0n) is 19.0. The summed E-state index contributed by atoms with van der Waals surface area (Å²) in [6, 6.07) is 0. The molecule has 0 aromatic carbocycles. The molecule has 0 unspecified atom stereocenters. The van der Waals surface area contributed by atoms with Gasteiger partial charge < -0.3 is 14.8 Å². The second-order valence-corrected chi connectivity index (χ2v) is 8.27. The van der Waals surface area contributed by atoms with Crippen LogP contribution in [0.1, 0.15) is 121 Å². The molecule has 1 heterocycles. The van der Waals surface area contributed by atoms with Gasteiger partial charge in [0.05, 0.1) is 6.20 Å². The van der Waals surface area contributed by atoms with Gasteiger partial charge in [0, 0.05) is 13.1 Å². The van der Waals surface area contributed by atoms with E-state index in [2.05, 4.69) is 6.92 Å². The molecular formula is C25H41NO4. The number of unbranched alkanes of at least 4 members (excludes halogenated alkanes) is 14. The molecule has 0 radical (unpaired) electrons. The van der Waals surface area contributed by atoms with Gasteiger partial charge in [-0.3, -0.25) is 9.59 Å². The van der Waals surface area contributed by atoms with E-state index < -0.39 is 22.7 Å². The van der Waals surface area contributed by atoms with E-state index in [0.717, 1.165) is 12.8 Å². The summed E-state index contributed by atoms with van der Waals surface area (Å²) in [5.41, 5.74) is -1.02. The number of aromatic nitrogens is 1. The van der Waals surface area contributed by atoms with E-state index >= 15 is 0 Å². The van der Waals surface area contributed by atoms with E-state index in [1.54, 1.807) is 6.20 Å². The molecule has 0 amide bonds. The smallest absolute Gasteiger partial charge is 0.265 e. The van der Waals surface area contributed by atoms with Gasteiger partial charge >= 0.3 is 0 Å². The Hall–Kier alpha value is -2.04. The second-order valence-electron chi connectivity index (χ2n) is 8.27. The summed E-state index contributed by atoms with van der Waals surface area (Å²) in [6.07, 6.45) is 24.0. The van der Waals surface area contributed by atoms with Crippen LogP contribution in [-0.2, 0) is 0 Å². The predicted molar refractivity (Wildman–Crippen MR) is 124 cm³/mol. The quantitative estimate of drug-likeness (QED) is 0.215. The first-order valence-corrected chi connectivity index (χ1v) is 11.8. The number of pyridine rings is 1. The molecule has 0 aliphatic heterocycles. The van der Waals surface area contributed by atoms with Gasteiger partial charge in [-0.25, -0.2) is 0 Å². The number of aromatic hydroxyl groups is 2. The molecular weight excluding hydrogens is 378 g/mol. The fourth-order valence-electron chi connectivity index (χ4n) is 3.72. The molecule has 0 bridgehead atoms. The molecule has 0 fully saturated rings. The van der Waals surface area contributed by atoms with Crippen molar-refractivity contribution in [2.24, 2.45) is 0 Å². The number of hydrogen-bond acceptors (Lipinski definition) is 4. The van der Waals surface area contributed by atoms with E-state index in [9.17, 15) is 19.8 Å². The number of Topliss-reactive ketones (excluding diaryl/α,β-unsaturated/α-hetero) is 1. The molecule has 0 saturated heterocycles. The van der Waals surface area contributed by atoms with Gasteiger partial charge in [-0.2, -0.15) is 0 Å². The molecule has 170 valence electrons. The SMILES string of the molecule is CCCCCCCCCCCCCCCCC=Cn1cc(O)c(=O)c(O)c1C(C)=O. The average molecular weight is 420 g/mol. The molecule has 0 atom stereocenters. The Kier molecular flexibility index (Phi) is 13.7. The summed E-state index contributed by atoms with van der Waals surface area (Å²) >= 11 is 0. The third kappa shape index (κ3) is 10.1. The van der Waals surface area contributed by atoms with Crippen molar-refractivity contribution in [3.8, 4) is 11.5 Å². The Morgan fingerprint density at radius 3 is 1.80 bits per heavy atom. The number of ketones is 1. The Balaban J connectivity index is 2.12. The van der Waals surface area contributed by atoms with Gasteiger partial charge in [0.25, 0.3) is 5.43 Å². The maximum absolute atomic E-state index is 11.7. The van der Waals surface area contributed by atoms with Gasteiger partial charge in [0.2, 0.25) is 0 Å². The first-order valence-electron chi connectivity index (χ1n) is 11.8. The summed E-state index contributed by atoms with van der Waals surface area (Å²) in [6.45, 7) is 3.54. The van der Waals surface area contributed by atoms with Gasteiger partial charge in [0.1, 0.15) is 5.69 Å². The second kappa shape index (κ2) is 15.8. The topological polar surface area (TPSA) is 79.5 Å². The number of rotatable bonds is 17. The first kappa shape index (κ1) is 26.0. The zero-order valence-corrected chi connectivity index (χ0v) is 19.0. The molecule has 0 aliphatic rings. The monoisotopic (exact) mass is 419 g/mol. The van der Waals surface area contributed by atoms with Crippen LogP contribution in [0.2, 0.25) is 0 Å². The van der Waals surface area contributed by atoms with Crippen LogP contribution in [0.15, 0.2) is 17.1 Å². The van der Waals surface area contributed by atoms with Crippen molar-refractivity contribution >= 4 is 12.0 Å². The number of carbonyl (C=O) groups excluding carboxylic acids is 1. The van der Waals surface area contributed by atoms with Crippen molar-refractivity contribution in [1.82, 2.24) is 4.57 Å². The molecule has 30 heavy (non-hydrogen) atoms. The summed E-state index contributed by atoms with van der Waals surface area (Å²) < 4.78 is 1.32. The highest BCUT2D eigenvalue weighted by molar-refractivity contribution is 5.95. The average Bonchev–Trinajstić information content (AvgIpc) is 2.71. The minimum Gasteiger partial charge on any atom is -0.503 e. The maximum atomic E-state index is 11.7. The first-order chi connectivity index (χ1) is 14.5. The van der Waals surface area contributed by atoms with Crippen molar-refractivity contribution in [3.63, 3.8) is 0 Å². The number of hydrogen-bond donors (Lipinski definition) is 2. The highest BCUT2D eigenvalue weighted by atomic mass is 16.3. The highest BCUT2D eigenvalue weighted by Crippen LogP contribution is 2.18. The third-order valence-corrected chi connectivity index (χ3v) is 5.52. The Morgan fingerprint density at radius 1 is 0.867 bits per heavy atom. The highest BCUT2D eigenvalue weighted by Gasteiger charge is 2.16. The molecule has 1 rings (SSSR count). The van der Waals surface area contributed by atoms with Crippen LogP contribution in [0.4, 0.5) is 0 Å². The molecule has 1 aromatic rings. The van der Waals surface area contributed by atoms with Crippen molar-refractivity contribution in [3.05, 3.63) is 28.2 Å². The fraction of sp³-hybridized carbons (Fsp3) is 0.680. The summed E-state index contributed by atoms with van der Waals surface area (Å²) in [4.78, 5) is 23.3. The van der Waals surface area contributed by atoms with Gasteiger partial charge in [0.15, 0.2) is 17.3 Å². The number of nitrogens with zero attached hydrogens (tertiary/aromatic N) is 1. The fourth-order valence-corrected chi connectivity index (χ4v) is 3.72. The van der Waals surface area contributed by atoms with Crippen LogP contribution in [0, 0.1) is 0 Å². The van der Waals surface area contributed by atoms with Crippen molar-refractivity contribution in [1.29, 1.82) is 0 Å². The summed E-state index contributed by atoms with van der Waals surface area (Å²) in [5, 5.41) is 19.4. The molecule has 2 N–H and O–H groups in total. The van der Waals surface area contributed by atoms with E-state index in [0.29, 0.717) is 0 Å². The molecule has 1 aromatic heterocycles. The number of carbonyl (C=O) groups is 1. The van der Waals surface area contributed by atoms with E-state index in [1.165, 1.54) is 101 Å². The lowest BCUT2D eigenvalue weighted by Gasteiger charge is -2.09. The molecule has 0 spiro atoms. The Morgan fingerprint density at radius 2 is 1.33 bits per heavy atom. The maximum Gasteiger partial charge on any atom is 0.265 e. The third-order valence-electron chi connectivity index (χ3n) is 5.52. The van der Waals surface area contributed by atoms with Crippen molar-refractivity contribution in [2.75, 3.05) is 0 Å². The van der Waals surface area contributed by atoms with Crippen LogP contribution in [0.25, 0.3) is 6.20 Å². The minimum absolute atomic E-state index is 0.102. The van der Waals surface area contributed by atoms with E-state index in [-0.39, 0.29) is 5.69 Å². The largest absolute Gasteiger partial charge is 0.503 e. The lowest BCUT2D eigenvalue weighted by Crippen LogP contribution is -2.13. The van der Waals surface area contributed by atoms with E-state index in [4.69, 9.17) is 0 Å². The van der Waals surface area contributed by atoms with E-state index in [1.807, 2.05) is 6.08 Å². The van der Waals surface area contributed by atoms with Gasteiger partial charge in [-0.05, 0) is 12.8 Å². The summed E-state index contributed by atoms with van der Waals surface area (Å²) in [5.74, 6) is -1.70. The molecule has 0 aliphatic carbocycles. The minimum atomic E-state index is -0.920. The van der Waals surface area contributed by atoms with Crippen LogP contribution < -0.4 is 5.43 Å². The van der Waals surface area contributed by atoms with Crippen molar-refractivity contribution in [2.45, 2.75) is 110 Å². The summed E-state index contributed by atoms with van der Waals surface area (Å²) in [7, 11) is 0. The molecule has 0 saturated carbocycles. The molecule has 5 nitrogen and oxygen atoms in total. The Bertz CT molecular complexity index is 706. The normalized spacial score (nSPS) is 11.4. The van der Waals surface area contributed by atoms with Gasteiger partial charge in [-0.1, -0.05) is 96.5 Å². The lowest BCUT2D eigenvalue weighted by molar-refractivity contribution is 0.100. The van der Waals surface area contributed by atoms with Crippen LogP contribution in [0.5, 0.6) is 11.5 Å². The molecule has 5 heteroatoms. The number of allylic oxidation sites excluding steroid dienone is 1. The zero-order chi connectivity index (χ0) is 22.2. The Labute approximate surface area is 181 Å². The van der Waals surface area contributed by atoms with Gasteiger partial charge in [-0.15, -0.1) is 0 Å². The van der Waals surface area contributed by atoms with Crippen LogP contribution in [0.3, 0.4) is 0 Å². The van der Waals surface area contributed by atoms with Crippen LogP contribution >= 0.6 is 0 Å².